The minimum atomic E-state index is -2.96. The summed E-state index contributed by atoms with van der Waals surface area (Å²) in [5.74, 6) is 0.568. The van der Waals surface area contributed by atoms with Crippen molar-refractivity contribution in [3.05, 3.63) is 15.6 Å². The van der Waals surface area contributed by atoms with Crippen molar-refractivity contribution in [2.24, 2.45) is 0 Å². The molecule has 6 nitrogen and oxygen atoms in total. The molecule has 0 bridgehead atoms. The Kier molecular flexibility index (Phi) is 5.16. The fourth-order valence-corrected chi connectivity index (χ4v) is 7.65. The minimum Gasteiger partial charge on any atom is -0.383 e. The van der Waals surface area contributed by atoms with Crippen molar-refractivity contribution in [2.45, 2.75) is 44.3 Å². The highest BCUT2D eigenvalue weighted by atomic mass is 32.2. The van der Waals surface area contributed by atoms with Gasteiger partial charge in [-0.15, -0.1) is 11.3 Å². The molecule has 8 heteroatoms. The standard InChI is InChI=1S/C17H27N3O3S2/c1-23-9-8-19-6-7-20(15-12-25(21,22)11-14(15)19)10-17-18-13-4-2-3-5-16(13)24-17/h14-15H,2-12H2,1H3/t14-,15+/m0/s1. The van der Waals surface area contributed by atoms with E-state index in [1.165, 1.54) is 28.4 Å². The van der Waals surface area contributed by atoms with Crippen molar-refractivity contribution in [3.8, 4) is 0 Å². The van der Waals surface area contributed by atoms with Gasteiger partial charge in [0.15, 0.2) is 9.84 Å². The lowest BCUT2D eigenvalue weighted by atomic mass is 10.0. The van der Waals surface area contributed by atoms with Crippen molar-refractivity contribution >= 4 is 21.2 Å². The van der Waals surface area contributed by atoms with E-state index >= 15 is 0 Å². The van der Waals surface area contributed by atoms with E-state index in [2.05, 4.69) is 9.80 Å². The largest absolute Gasteiger partial charge is 0.383 e. The third kappa shape index (κ3) is 3.78. The zero-order valence-corrected chi connectivity index (χ0v) is 16.4. The molecular formula is C17H27N3O3S2. The van der Waals surface area contributed by atoms with Crippen LogP contribution in [0.15, 0.2) is 0 Å². The zero-order valence-electron chi connectivity index (χ0n) is 14.8. The number of fused-ring (bicyclic) bond motifs is 2. The smallest absolute Gasteiger partial charge is 0.153 e. The molecule has 3 aliphatic rings. The number of hydrogen-bond acceptors (Lipinski definition) is 7. The Morgan fingerprint density at radius 1 is 1.16 bits per heavy atom. The SMILES string of the molecule is COCCN1CCN(Cc2nc3c(s2)CCCC3)[C@@H]2CS(=O)(=O)C[C@@H]21. The predicted octanol–water partition coefficient (Wildman–Crippen LogP) is 0.952. The van der Waals surface area contributed by atoms with Crippen molar-refractivity contribution in [1.29, 1.82) is 0 Å². The highest BCUT2D eigenvalue weighted by Gasteiger charge is 2.46. The number of hydrogen-bond donors (Lipinski definition) is 0. The molecule has 1 aromatic heterocycles. The molecule has 140 valence electrons. The summed E-state index contributed by atoms with van der Waals surface area (Å²) in [6.07, 6.45) is 4.79. The van der Waals surface area contributed by atoms with Crippen molar-refractivity contribution in [2.75, 3.05) is 44.9 Å². The Hall–Kier alpha value is -0.540. The number of aryl methyl sites for hydroxylation is 2. The second-order valence-electron chi connectivity index (χ2n) is 7.40. The van der Waals surface area contributed by atoms with Gasteiger partial charge in [-0.25, -0.2) is 13.4 Å². The number of sulfone groups is 1. The molecular weight excluding hydrogens is 358 g/mol. The summed E-state index contributed by atoms with van der Waals surface area (Å²) in [7, 11) is -1.26. The van der Waals surface area contributed by atoms with Gasteiger partial charge in [0.25, 0.3) is 0 Å². The molecule has 0 radical (unpaired) electrons. The summed E-state index contributed by atoms with van der Waals surface area (Å²) in [5, 5.41) is 1.17. The molecule has 2 fully saturated rings. The number of rotatable bonds is 5. The molecule has 4 rings (SSSR count). The van der Waals surface area contributed by atoms with Crippen LogP contribution in [0.4, 0.5) is 0 Å². The summed E-state index contributed by atoms with van der Waals surface area (Å²) in [5.41, 5.74) is 1.29. The first-order chi connectivity index (χ1) is 12.1. The lowest BCUT2D eigenvalue weighted by Gasteiger charge is -2.43. The van der Waals surface area contributed by atoms with Crippen LogP contribution in [-0.4, -0.2) is 80.1 Å². The average Bonchev–Trinajstić information content (AvgIpc) is 3.13. The van der Waals surface area contributed by atoms with Gasteiger partial charge in [-0.2, -0.15) is 0 Å². The van der Waals surface area contributed by atoms with Crippen molar-refractivity contribution in [1.82, 2.24) is 14.8 Å². The van der Waals surface area contributed by atoms with Crippen LogP contribution in [-0.2, 0) is 34.0 Å². The summed E-state index contributed by atoms with van der Waals surface area (Å²) in [6.45, 7) is 4.08. The first kappa shape index (κ1) is 17.9. The van der Waals surface area contributed by atoms with Crippen LogP contribution in [0.25, 0.3) is 0 Å². The molecule has 2 atom stereocenters. The van der Waals surface area contributed by atoms with Crippen LogP contribution in [0.2, 0.25) is 0 Å². The molecule has 0 unspecified atom stereocenters. The monoisotopic (exact) mass is 385 g/mol. The topological polar surface area (TPSA) is 62.7 Å². The van der Waals surface area contributed by atoms with Crippen LogP contribution in [0, 0.1) is 0 Å². The fraction of sp³-hybridized carbons (Fsp3) is 0.824. The molecule has 0 aromatic carbocycles. The molecule has 0 N–H and O–H groups in total. The average molecular weight is 386 g/mol. The van der Waals surface area contributed by atoms with Gasteiger partial charge in [-0.05, 0) is 25.7 Å². The van der Waals surface area contributed by atoms with E-state index in [-0.39, 0.29) is 23.6 Å². The van der Waals surface area contributed by atoms with E-state index in [1.54, 1.807) is 7.11 Å². The Bertz CT molecular complexity index is 695. The number of nitrogens with zero attached hydrogens (tertiary/aromatic N) is 3. The molecule has 1 aromatic rings. The van der Waals surface area contributed by atoms with E-state index in [9.17, 15) is 8.42 Å². The maximum Gasteiger partial charge on any atom is 0.153 e. The number of thiazole rings is 1. The third-order valence-electron chi connectivity index (χ3n) is 5.72. The van der Waals surface area contributed by atoms with E-state index in [1.807, 2.05) is 11.3 Å². The molecule has 0 spiro atoms. The van der Waals surface area contributed by atoms with Gasteiger partial charge >= 0.3 is 0 Å². The highest BCUT2D eigenvalue weighted by molar-refractivity contribution is 7.91. The number of aromatic nitrogens is 1. The first-order valence-corrected chi connectivity index (χ1v) is 11.8. The Morgan fingerprint density at radius 3 is 2.64 bits per heavy atom. The van der Waals surface area contributed by atoms with E-state index in [0.29, 0.717) is 6.61 Å². The second kappa shape index (κ2) is 7.23. The van der Waals surface area contributed by atoms with Gasteiger partial charge in [0.05, 0.1) is 30.4 Å². The van der Waals surface area contributed by atoms with Crippen molar-refractivity contribution < 1.29 is 13.2 Å². The van der Waals surface area contributed by atoms with Crippen LogP contribution in [0.1, 0.15) is 28.4 Å². The van der Waals surface area contributed by atoms with E-state index in [0.717, 1.165) is 39.0 Å². The number of methoxy groups -OCH3 is 1. The fourth-order valence-electron chi connectivity index (χ4n) is 4.43. The normalized spacial score (nSPS) is 29.5. The molecule has 2 aliphatic heterocycles. The minimum absolute atomic E-state index is 0.0940. The second-order valence-corrected chi connectivity index (χ2v) is 10.7. The summed E-state index contributed by atoms with van der Waals surface area (Å²) in [6, 6.07) is 0.194. The van der Waals surface area contributed by atoms with E-state index < -0.39 is 9.84 Å². The van der Waals surface area contributed by atoms with Gasteiger partial charge in [0, 0.05) is 43.7 Å². The van der Waals surface area contributed by atoms with Gasteiger partial charge in [0.2, 0.25) is 0 Å². The van der Waals surface area contributed by atoms with Crippen molar-refractivity contribution in [3.63, 3.8) is 0 Å². The molecule has 0 amide bonds. The number of ether oxygens (including phenoxy) is 1. The summed E-state index contributed by atoms with van der Waals surface area (Å²) >= 11 is 1.84. The van der Waals surface area contributed by atoms with Gasteiger partial charge in [-0.1, -0.05) is 0 Å². The van der Waals surface area contributed by atoms with E-state index in [4.69, 9.17) is 9.72 Å². The van der Waals surface area contributed by atoms with Crippen LogP contribution >= 0.6 is 11.3 Å². The van der Waals surface area contributed by atoms with Gasteiger partial charge in [-0.3, -0.25) is 9.80 Å². The lowest BCUT2D eigenvalue weighted by Crippen LogP contribution is -2.59. The summed E-state index contributed by atoms with van der Waals surface area (Å²) < 4.78 is 29.8. The lowest BCUT2D eigenvalue weighted by molar-refractivity contribution is 0.0252. The molecule has 0 saturated carbocycles. The quantitative estimate of drug-likeness (QED) is 0.752. The zero-order chi connectivity index (χ0) is 17.4. The Labute approximate surface area is 154 Å². The predicted molar refractivity (Wildman–Crippen MR) is 98.8 cm³/mol. The molecule has 25 heavy (non-hydrogen) atoms. The van der Waals surface area contributed by atoms with Crippen LogP contribution in [0.5, 0.6) is 0 Å². The van der Waals surface area contributed by atoms with Crippen LogP contribution in [0.3, 0.4) is 0 Å². The third-order valence-corrected chi connectivity index (χ3v) is 8.56. The highest BCUT2D eigenvalue weighted by Crippen LogP contribution is 2.31. The first-order valence-electron chi connectivity index (χ1n) is 9.20. The Morgan fingerprint density at radius 2 is 1.88 bits per heavy atom. The maximum atomic E-state index is 12.3. The van der Waals surface area contributed by atoms with Gasteiger partial charge in [0.1, 0.15) is 5.01 Å². The maximum absolute atomic E-state index is 12.3. The summed E-state index contributed by atoms with van der Waals surface area (Å²) in [4.78, 5) is 11.0. The van der Waals surface area contributed by atoms with Gasteiger partial charge < -0.3 is 4.74 Å². The van der Waals surface area contributed by atoms with Crippen LogP contribution < -0.4 is 0 Å². The molecule has 1 aliphatic carbocycles. The number of piperazine rings is 1. The Balaban J connectivity index is 1.49. The molecule has 2 saturated heterocycles. The molecule has 3 heterocycles.